The van der Waals surface area contributed by atoms with Crippen LogP contribution >= 0.6 is 35.1 Å². The lowest BCUT2D eigenvalue weighted by molar-refractivity contribution is -0.124. The fourth-order valence-electron chi connectivity index (χ4n) is 2.49. The topological polar surface area (TPSA) is 86.4 Å². The summed E-state index contributed by atoms with van der Waals surface area (Å²) in [6, 6.07) is 2.90. The molecule has 11 heteroatoms. The highest BCUT2D eigenvalue weighted by atomic mass is 35.5. The van der Waals surface area contributed by atoms with Crippen molar-refractivity contribution in [2.24, 2.45) is 0 Å². The van der Waals surface area contributed by atoms with Gasteiger partial charge in [0.2, 0.25) is 11.8 Å². The molecule has 0 saturated carbocycles. The lowest BCUT2D eigenvalue weighted by atomic mass is 10.1. The summed E-state index contributed by atoms with van der Waals surface area (Å²) in [5, 5.41) is 8.11. The molecule has 1 saturated heterocycles. The molecule has 1 aliphatic heterocycles. The van der Waals surface area contributed by atoms with Gasteiger partial charge in [-0.15, -0.1) is 11.3 Å². The molecule has 144 valence electrons. The Kier molecular flexibility index (Phi) is 6.66. The van der Waals surface area contributed by atoms with Gasteiger partial charge in [-0.3, -0.25) is 9.59 Å². The van der Waals surface area contributed by atoms with Crippen LogP contribution in [-0.2, 0) is 16.1 Å². The van der Waals surface area contributed by atoms with Gasteiger partial charge in [0.1, 0.15) is 16.9 Å². The highest BCUT2D eigenvalue weighted by Crippen LogP contribution is 2.24. The van der Waals surface area contributed by atoms with E-state index in [9.17, 15) is 14.0 Å². The van der Waals surface area contributed by atoms with Crippen molar-refractivity contribution in [3.05, 3.63) is 45.6 Å². The van der Waals surface area contributed by atoms with E-state index in [0.717, 1.165) is 5.01 Å². The van der Waals surface area contributed by atoms with E-state index >= 15 is 0 Å². The summed E-state index contributed by atoms with van der Waals surface area (Å²) < 4.78 is 18.0. The number of rotatable bonds is 5. The van der Waals surface area contributed by atoms with E-state index in [4.69, 9.17) is 11.6 Å². The summed E-state index contributed by atoms with van der Waals surface area (Å²) in [5.41, 5.74) is 0.396. The first-order chi connectivity index (χ1) is 12.9. The molecule has 2 heterocycles. The number of nitrogens with zero attached hydrogens (tertiary/aromatic N) is 2. The van der Waals surface area contributed by atoms with Crippen molar-refractivity contribution in [1.29, 1.82) is 0 Å². The second kappa shape index (κ2) is 8.98. The van der Waals surface area contributed by atoms with Crippen LogP contribution in [0, 0.1) is 5.82 Å². The predicted molar refractivity (Wildman–Crippen MR) is 105 cm³/mol. The minimum absolute atomic E-state index is 0.0692. The van der Waals surface area contributed by atoms with Crippen LogP contribution < -0.4 is 15.4 Å². The van der Waals surface area contributed by atoms with Crippen LogP contribution in [0.4, 0.5) is 10.1 Å². The number of halogens is 2. The second-order valence-electron chi connectivity index (χ2n) is 5.82. The number of anilines is 1. The molecule has 0 aliphatic carbocycles. The molecule has 0 bridgehead atoms. The molecule has 0 spiro atoms. The fraction of sp³-hybridized carbons (Fsp3) is 0.312. The Hall–Kier alpha value is -1.72. The molecular weight excluding hydrogens is 413 g/mol. The molecule has 0 radical (unpaired) electrons. The number of likely N-dealkylation sites (N-methyl/N-ethyl adjacent to an activating group) is 1. The average Bonchev–Trinajstić information content (AvgIpc) is 3.16. The number of aromatic nitrogens is 1. The van der Waals surface area contributed by atoms with Crippen LogP contribution in [-0.4, -0.2) is 40.2 Å². The Balaban J connectivity index is 1.59. The zero-order chi connectivity index (χ0) is 19.4. The monoisotopic (exact) mass is 429 g/mol. The van der Waals surface area contributed by atoms with Crippen molar-refractivity contribution in [1.82, 2.24) is 19.3 Å². The summed E-state index contributed by atoms with van der Waals surface area (Å²) in [5.74, 6) is -1.05. The first kappa shape index (κ1) is 20.0. The number of carbonyl (C=O) groups excluding carboxylic acids is 2. The summed E-state index contributed by atoms with van der Waals surface area (Å²) in [6.45, 7) is 0.347. The van der Waals surface area contributed by atoms with E-state index in [1.807, 2.05) is 5.38 Å². The third-order valence-corrected chi connectivity index (χ3v) is 5.94. The first-order valence-electron chi connectivity index (χ1n) is 8.01. The van der Waals surface area contributed by atoms with Gasteiger partial charge < -0.3 is 10.6 Å². The Morgan fingerprint density at radius 1 is 1.44 bits per heavy atom. The predicted octanol–water partition coefficient (Wildman–Crippen LogP) is 2.42. The molecule has 27 heavy (non-hydrogen) atoms. The molecule has 3 rings (SSSR count). The van der Waals surface area contributed by atoms with Crippen molar-refractivity contribution < 1.29 is 14.0 Å². The van der Waals surface area contributed by atoms with Gasteiger partial charge in [-0.25, -0.2) is 18.4 Å². The number of hydrogen-bond donors (Lipinski definition) is 3. The summed E-state index contributed by atoms with van der Waals surface area (Å²) in [7, 11) is 1.75. The largest absolute Gasteiger partial charge is 0.348 e. The van der Waals surface area contributed by atoms with E-state index in [-0.39, 0.29) is 23.3 Å². The van der Waals surface area contributed by atoms with Gasteiger partial charge in [0.05, 0.1) is 17.6 Å². The zero-order valence-electron chi connectivity index (χ0n) is 14.2. The molecule has 2 atom stereocenters. The van der Waals surface area contributed by atoms with Gasteiger partial charge in [-0.2, -0.15) is 0 Å². The smallest absolute Gasteiger partial charge is 0.242 e. The number of thiazole rings is 1. The summed E-state index contributed by atoms with van der Waals surface area (Å²) in [4.78, 5) is 29.1. The van der Waals surface area contributed by atoms with Crippen LogP contribution in [0.25, 0.3) is 0 Å². The van der Waals surface area contributed by atoms with E-state index < -0.39 is 17.9 Å². The maximum absolute atomic E-state index is 13.3. The lowest BCUT2D eigenvalue weighted by Gasteiger charge is -2.34. The van der Waals surface area contributed by atoms with E-state index in [2.05, 4.69) is 20.3 Å². The molecule has 2 aromatic rings. The van der Waals surface area contributed by atoms with Crippen LogP contribution in [0.5, 0.6) is 0 Å². The molecule has 7 nitrogen and oxygen atoms in total. The molecule has 1 fully saturated rings. The molecule has 1 aliphatic rings. The summed E-state index contributed by atoms with van der Waals surface area (Å²) in [6.07, 6.45) is 1.96. The minimum Gasteiger partial charge on any atom is -0.348 e. The molecule has 1 aromatic heterocycles. The lowest BCUT2D eigenvalue weighted by Crippen LogP contribution is -2.53. The number of benzene rings is 1. The van der Waals surface area contributed by atoms with Crippen molar-refractivity contribution in [2.45, 2.75) is 25.0 Å². The standard InChI is InChI=1S/C16H17ClFN5O2S2/c1-23-13(16(25)21-9-2-3-11(18)10(17)6-9)7-12(22-27-23)15(24)20-8-14-19-4-5-26-14/h2-6,12-13,22H,7-8H2,1H3,(H,20,24)(H,21,25). The van der Waals surface area contributed by atoms with E-state index in [1.165, 1.54) is 41.7 Å². The minimum atomic E-state index is -0.554. The van der Waals surface area contributed by atoms with Crippen molar-refractivity contribution in [3.63, 3.8) is 0 Å². The van der Waals surface area contributed by atoms with Crippen LogP contribution in [0.2, 0.25) is 5.02 Å². The van der Waals surface area contributed by atoms with Crippen molar-refractivity contribution in [2.75, 3.05) is 12.4 Å². The Morgan fingerprint density at radius 3 is 2.96 bits per heavy atom. The molecular formula is C16H17ClFN5O2S2. The van der Waals surface area contributed by atoms with Crippen molar-refractivity contribution in [3.8, 4) is 0 Å². The Morgan fingerprint density at radius 2 is 2.26 bits per heavy atom. The fourth-order valence-corrected chi connectivity index (χ4v) is 4.03. The number of carbonyl (C=O) groups is 2. The van der Waals surface area contributed by atoms with Gasteiger partial charge in [-0.05, 0) is 31.7 Å². The Bertz CT molecular complexity index is 823. The third kappa shape index (κ3) is 5.17. The van der Waals surface area contributed by atoms with Gasteiger partial charge in [0.25, 0.3) is 0 Å². The van der Waals surface area contributed by atoms with E-state index in [0.29, 0.717) is 12.2 Å². The van der Waals surface area contributed by atoms with Crippen molar-refractivity contribution >= 4 is 52.6 Å². The molecule has 2 unspecified atom stereocenters. The SMILES string of the molecule is CN1SNC(C(=O)NCc2nccs2)CC1C(=O)Nc1ccc(F)c(Cl)c1. The number of hydrogen-bond acceptors (Lipinski definition) is 7. The van der Waals surface area contributed by atoms with E-state index in [1.54, 1.807) is 17.5 Å². The zero-order valence-corrected chi connectivity index (χ0v) is 16.6. The van der Waals surface area contributed by atoms with Gasteiger partial charge in [0.15, 0.2) is 0 Å². The van der Waals surface area contributed by atoms with Crippen LogP contribution in [0.3, 0.4) is 0 Å². The van der Waals surface area contributed by atoms with Gasteiger partial charge >= 0.3 is 0 Å². The quantitative estimate of drug-likeness (QED) is 0.633. The first-order valence-corrected chi connectivity index (χ1v) is 10.0. The average molecular weight is 430 g/mol. The van der Waals surface area contributed by atoms with Gasteiger partial charge in [0, 0.05) is 29.4 Å². The van der Waals surface area contributed by atoms with Crippen LogP contribution in [0.15, 0.2) is 29.8 Å². The number of nitrogens with one attached hydrogen (secondary N) is 3. The van der Waals surface area contributed by atoms with Gasteiger partial charge in [-0.1, -0.05) is 11.6 Å². The highest BCUT2D eigenvalue weighted by Gasteiger charge is 2.35. The normalized spacial score (nSPS) is 20.3. The summed E-state index contributed by atoms with van der Waals surface area (Å²) >= 11 is 8.40. The maximum Gasteiger partial charge on any atom is 0.242 e. The highest BCUT2D eigenvalue weighted by molar-refractivity contribution is 7.95. The maximum atomic E-state index is 13.3. The second-order valence-corrected chi connectivity index (χ2v) is 8.20. The third-order valence-electron chi connectivity index (χ3n) is 3.94. The molecule has 1 aromatic carbocycles. The Labute approximate surface area is 168 Å². The molecule has 2 amide bonds. The number of amides is 2. The molecule has 3 N–H and O–H groups in total. The van der Waals surface area contributed by atoms with Crippen LogP contribution in [0.1, 0.15) is 11.4 Å².